The van der Waals surface area contributed by atoms with Crippen molar-refractivity contribution in [3.63, 3.8) is 0 Å². The maximum atomic E-state index is 11.0. The maximum absolute atomic E-state index is 11.0. The van der Waals surface area contributed by atoms with E-state index in [1.165, 1.54) is 0 Å². The molecule has 0 aliphatic heterocycles. The van der Waals surface area contributed by atoms with Crippen LogP contribution in [0, 0.1) is 12.3 Å². The zero-order valence-corrected chi connectivity index (χ0v) is 8.46. The van der Waals surface area contributed by atoms with Crippen molar-refractivity contribution in [1.82, 2.24) is 0 Å². The SMILES string of the molecule is C#CCOS(=O)(=O)CCCCOC=O. The van der Waals surface area contributed by atoms with Crippen LogP contribution in [0.4, 0.5) is 0 Å². The summed E-state index contributed by atoms with van der Waals surface area (Å²) in [6, 6.07) is 0. The summed E-state index contributed by atoms with van der Waals surface area (Å²) in [5, 5.41) is 0. The lowest BCUT2D eigenvalue weighted by atomic mass is 10.4. The van der Waals surface area contributed by atoms with Crippen molar-refractivity contribution < 1.29 is 22.1 Å². The molecule has 0 aromatic carbocycles. The fourth-order valence-electron chi connectivity index (χ4n) is 0.695. The molecule has 5 nitrogen and oxygen atoms in total. The Balaban J connectivity index is 3.56. The van der Waals surface area contributed by atoms with E-state index < -0.39 is 10.1 Å². The molecule has 0 spiro atoms. The van der Waals surface area contributed by atoms with Crippen LogP contribution < -0.4 is 0 Å². The van der Waals surface area contributed by atoms with E-state index in [-0.39, 0.29) is 19.0 Å². The summed E-state index contributed by atoms with van der Waals surface area (Å²) in [7, 11) is -3.52. The van der Waals surface area contributed by atoms with Gasteiger partial charge in [-0.25, -0.2) is 0 Å². The molecule has 0 aliphatic carbocycles. The number of hydrogen-bond donors (Lipinski definition) is 0. The van der Waals surface area contributed by atoms with Gasteiger partial charge in [-0.15, -0.1) is 6.42 Å². The fourth-order valence-corrected chi connectivity index (χ4v) is 1.62. The van der Waals surface area contributed by atoms with Crippen LogP contribution in [0.2, 0.25) is 0 Å². The smallest absolute Gasteiger partial charge is 0.293 e. The zero-order valence-electron chi connectivity index (χ0n) is 7.64. The van der Waals surface area contributed by atoms with Gasteiger partial charge in [-0.05, 0) is 12.8 Å². The van der Waals surface area contributed by atoms with E-state index in [2.05, 4.69) is 14.8 Å². The van der Waals surface area contributed by atoms with Crippen molar-refractivity contribution in [1.29, 1.82) is 0 Å². The van der Waals surface area contributed by atoms with E-state index in [0.717, 1.165) is 0 Å². The van der Waals surface area contributed by atoms with Crippen molar-refractivity contribution in [2.45, 2.75) is 12.8 Å². The van der Waals surface area contributed by atoms with E-state index in [0.29, 0.717) is 19.3 Å². The average Bonchev–Trinajstić information content (AvgIpc) is 2.15. The molecule has 0 aromatic rings. The third-order valence-electron chi connectivity index (χ3n) is 1.30. The Labute approximate surface area is 83.5 Å². The van der Waals surface area contributed by atoms with Crippen LogP contribution in [0.5, 0.6) is 0 Å². The van der Waals surface area contributed by atoms with Crippen LogP contribution in [0.25, 0.3) is 0 Å². The van der Waals surface area contributed by atoms with Gasteiger partial charge in [0.15, 0.2) is 0 Å². The van der Waals surface area contributed by atoms with Crippen molar-refractivity contribution in [3.8, 4) is 12.3 Å². The molecule has 0 atom stereocenters. The lowest BCUT2D eigenvalue weighted by molar-refractivity contribution is -0.128. The molecule has 0 N–H and O–H groups in total. The van der Waals surface area contributed by atoms with Gasteiger partial charge in [-0.3, -0.25) is 8.98 Å². The lowest BCUT2D eigenvalue weighted by Crippen LogP contribution is -2.11. The Kier molecular flexibility index (Phi) is 6.80. The van der Waals surface area contributed by atoms with Gasteiger partial charge in [0.1, 0.15) is 6.61 Å². The molecule has 0 bridgehead atoms. The monoisotopic (exact) mass is 220 g/mol. The van der Waals surface area contributed by atoms with Crippen LogP contribution in [0.1, 0.15) is 12.8 Å². The topological polar surface area (TPSA) is 69.7 Å². The van der Waals surface area contributed by atoms with Gasteiger partial charge in [-0.1, -0.05) is 5.92 Å². The average molecular weight is 220 g/mol. The molecular weight excluding hydrogens is 208 g/mol. The van der Waals surface area contributed by atoms with Crippen LogP contribution in [-0.2, 0) is 23.8 Å². The first kappa shape index (κ1) is 12.9. The molecule has 0 unspecified atom stereocenters. The number of unbranched alkanes of at least 4 members (excludes halogenated alkanes) is 1. The minimum atomic E-state index is -3.52. The minimum Gasteiger partial charge on any atom is -0.468 e. The molecule has 0 saturated heterocycles. The van der Waals surface area contributed by atoms with Crippen molar-refractivity contribution in [2.24, 2.45) is 0 Å². The van der Waals surface area contributed by atoms with E-state index in [1.807, 2.05) is 0 Å². The normalized spacial score (nSPS) is 10.5. The summed E-state index contributed by atoms with van der Waals surface area (Å²) in [6.45, 7) is 0.296. The second-order valence-electron chi connectivity index (χ2n) is 2.40. The number of rotatable bonds is 8. The number of ether oxygens (including phenoxy) is 1. The van der Waals surface area contributed by atoms with Gasteiger partial charge in [0, 0.05) is 0 Å². The summed E-state index contributed by atoms with van der Waals surface area (Å²) in [6.07, 6.45) is 5.69. The Morgan fingerprint density at radius 1 is 1.36 bits per heavy atom. The highest BCUT2D eigenvalue weighted by Gasteiger charge is 2.09. The van der Waals surface area contributed by atoms with E-state index >= 15 is 0 Å². The molecule has 80 valence electrons. The summed E-state index contributed by atoms with van der Waals surface area (Å²) < 4.78 is 30.8. The maximum Gasteiger partial charge on any atom is 0.293 e. The molecule has 0 fully saturated rings. The first-order chi connectivity index (χ1) is 6.62. The fraction of sp³-hybridized carbons (Fsp3) is 0.625. The predicted octanol–water partition coefficient (Wildman–Crippen LogP) is -0.0808. The van der Waals surface area contributed by atoms with Crippen LogP contribution >= 0.6 is 0 Å². The zero-order chi connectivity index (χ0) is 10.9. The Morgan fingerprint density at radius 3 is 2.64 bits per heavy atom. The van der Waals surface area contributed by atoms with Crippen LogP contribution in [-0.4, -0.2) is 33.9 Å². The molecule has 14 heavy (non-hydrogen) atoms. The number of carbonyl (C=O) groups is 1. The molecule has 0 heterocycles. The first-order valence-electron chi connectivity index (χ1n) is 3.98. The highest BCUT2D eigenvalue weighted by Crippen LogP contribution is 1.99. The highest BCUT2D eigenvalue weighted by atomic mass is 32.2. The Morgan fingerprint density at radius 2 is 2.07 bits per heavy atom. The highest BCUT2D eigenvalue weighted by molar-refractivity contribution is 7.86. The second kappa shape index (κ2) is 7.35. The number of terminal acetylenes is 1. The van der Waals surface area contributed by atoms with E-state index in [4.69, 9.17) is 6.42 Å². The summed E-state index contributed by atoms with van der Waals surface area (Å²) >= 11 is 0. The minimum absolute atomic E-state index is 0.114. The van der Waals surface area contributed by atoms with Gasteiger partial charge in [0.05, 0.1) is 12.4 Å². The van der Waals surface area contributed by atoms with Gasteiger partial charge < -0.3 is 4.74 Å². The van der Waals surface area contributed by atoms with E-state index in [9.17, 15) is 13.2 Å². The molecule has 0 radical (unpaired) electrons. The van der Waals surface area contributed by atoms with Gasteiger partial charge in [0.2, 0.25) is 0 Å². The lowest BCUT2D eigenvalue weighted by Gasteiger charge is -2.01. The van der Waals surface area contributed by atoms with E-state index in [1.54, 1.807) is 0 Å². The largest absolute Gasteiger partial charge is 0.468 e. The molecule has 0 saturated carbocycles. The van der Waals surface area contributed by atoms with Crippen LogP contribution in [0.15, 0.2) is 0 Å². The number of carbonyl (C=O) groups excluding carboxylic acids is 1. The third kappa shape index (κ3) is 7.58. The van der Waals surface area contributed by atoms with Gasteiger partial charge in [0.25, 0.3) is 16.6 Å². The van der Waals surface area contributed by atoms with Gasteiger partial charge >= 0.3 is 0 Å². The Bertz CT molecular complexity index is 287. The summed E-state index contributed by atoms with van der Waals surface area (Å²) in [5.74, 6) is 1.95. The van der Waals surface area contributed by atoms with Crippen molar-refractivity contribution in [2.75, 3.05) is 19.0 Å². The Hall–Kier alpha value is -1.06. The second-order valence-corrected chi connectivity index (χ2v) is 4.16. The van der Waals surface area contributed by atoms with Crippen molar-refractivity contribution in [3.05, 3.63) is 0 Å². The molecule has 0 aromatic heterocycles. The quantitative estimate of drug-likeness (QED) is 0.248. The molecular formula is C8H12O5S. The summed E-state index contributed by atoms with van der Waals surface area (Å²) in [5.41, 5.74) is 0. The predicted molar refractivity (Wildman–Crippen MR) is 49.8 cm³/mol. The standard InChI is InChI=1S/C8H12O5S/c1-2-5-13-14(10,11)7-4-3-6-12-8-9/h1,8H,3-7H2. The molecule has 0 aliphatic rings. The van der Waals surface area contributed by atoms with Crippen LogP contribution in [0.3, 0.4) is 0 Å². The molecule has 0 amide bonds. The first-order valence-corrected chi connectivity index (χ1v) is 5.56. The number of hydrogen-bond acceptors (Lipinski definition) is 5. The molecule has 6 heteroatoms. The summed E-state index contributed by atoms with van der Waals surface area (Å²) in [4.78, 5) is 9.72. The molecule has 0 rings (SSSR count). The van der Waals surface area contributed by atoms with Crippen molar-refractivity contribution >= 4 is 16.6 Å². The third-order valence-corrected chi connectivity index (χ3v) is 2.56. The van der Waals surface area contributed by atoms with Gasteiger partial charge in [-0.2, -0.15) is 8.42 Å².